The van der Waals surface area contributed by atoms with Crippen molar-refractivity contribution in [2.45, 2.75) is 18.5 Å². The summed E-state index contributed by atoms with van der Waals surface area (Å²) in [7, 11) is 0. The number of aromatic nitrogens is 2. The van der Waals surface area contributed by atoms with Crippen molar-refractivity contribution in [3.8, 4) is 0 Å². The predicted molar refractivity (Wildman–Crippen MR) is 48.7 cm³/mol. The highest BCUT2D eigenvalue weighted by Gasteiger charge is 2.35. The van der Waals surface area contributed by atoms with E-state index in [1.807, 2.05) is 0 Å². The summed E-state index contributed by atoms with van der Waals surface area (Å²) in [6.07, 6.45) is -4.43. The van der Waals surface area contributed by atoms with Crippen LogP contribution in [0.25, 0.3) is 0 Å². The molecule has 0 bridgehead atoms. The Morgan fingerprint density at radius 3 is 2.57 bits per heavy atom. The zero-order valence-electron chi connectivity index (χ0n) is 7.10. The molecule has 0 fully saturated rings. The molecule has 0 amide bonds. The lowest BCUT2D eigenvalue weighted by Crippen LogP contribution is -2.09. The van der Waals surface area contributed by atoms with Gasteiger partial charge in [0.05, 0.1) is 0 Å². The SMILES string of the molecule is CC(Cl)CNc1nnc(C(F)(F)F)s1. The molecule has 1 N–H and O–H groups in total. The van der Waals surface area contributed by atoms with Gasteiger partial charge in [-0.05, 0) is 6.92 Å². The summed E-state index contributed by atoms with van der Waals surface area (Å²) in [5, 5.41) is 7.99. The average Bonchev–Trinajstić information content (AvgIpc) is 2.47. The Morgan fingerprint density at radius 1 is 1.50 bits per heavy atom. The standard InChI is InChI=1S/C6H7ClF3N3S/c1-3(7)2-11-5-13-12-4(14-5)6(8,9)10/h3H,2H2,1H3,(H,11,13). The zero-order valence-corrected chi connectivity index (χ0v) is 8.67. The second kappa shape index (κ2) is 4.31. The lowest BCUT2D eigenvalue weighted by atomic mass is 10.5. The van der Waals surface area contributed by atoms with Crippen LogP contribution in [0.3, 0.4) is 0 Å². The number of anilines is 1. The molecule has 0 aromatic carbocycles. The molecule has 1 atom stereocenters. The van der Waals surface area contributed by atoms with E-state index in [1.165, 1.54) is 0 Å². The average molecular weight is 246 g/mol. The van der Waals surface area contributed by atoms with E-state index in [1.54, 1.807) is 6.92 Å². The topological polar surface area (TPSA) is 37.8 Å². The molecule has 0 spiro atoms. The summed E-state index contributed by atoms with van der Waals surface area (Å²) in [6, 6.07) is 0. The van der Waals surface area contributed by atoms with Gasteiger partial charge in [-0.15, -0.1) is 21.8 Å². The van der Waals surface area contributed by atoms with Crippen LogP contribution in [0.1, 0.15) is 11.9 Å². The Labute approximate surface area is 87.3 Å². The third-order valence-corrected chi connectivity index (χ3v) is 2.28. The zero-order chi connectivity index (χ0) is 10.8. The minimum Gasteiger partial charge on any atom is -0.359 e. The summed E-state index contributed by atoms with van der Waals surface area (Å²) in [5.74, 6) is 0. The molecule has 0 saturated carbocycles. The number of hydrogen-bond acceptors (Lipinski definition) is 4. The molecule has 1 aromatic rings. The normalized spacial score (nSPS) is 14.1. The minimum absolute atomic E-state index is 0.129. The van der Waals surface area contributed by atoms with Crippen molar-refractivity contribution in [2.75, 3.05) is 11.9 Å². The minimum atomic E-state index is -4.43. The van der Waals surface area contributed by atoms with Crippen LogP contribution in [0.5, 0.6) is 0 Å². The molecule has 1 rings (SSSR count). The maximum Gasteiger partial charge on any atom is 0.445 e. The Balaban J connectivity index is 2.60. The monoisotopic (exact) mass is 245 g/mol. The van der Waals surface area contributed by atoms with E-state index in [9.17, 15) is 13.2 Å². The van der Waals surface area contributed by atoms with Gasteiger partial charge in [0.2, 0.25) is 10.1 Å². The van der Waals surface area contributed by atoms with Crippen molar-refractivity contribution in [2.24, 2.45) is 0 Å². The molecule has 1 unspecified atom stereocenters. The van der Waals surface area contributed by atoms with Crippen molar-refractivity contribution in [3.63, 3.8) is 0 Å². The second-order valence-electron chi connectivity index (χ2n) is 2.57. The van der Waals surface area contributed by atoms with Crippen molar-refractivity contribution >= 4 is 28.1 Å². The lowest BCUT2D eigenvalue weighted by molar-refractivity contribution is -0.138. The van der Waals surface area contributed by atoms with E-state index in [0.717, 1.165) is 0 Å². The number of rotatable bonds is 3. The van der Waals surface area contributed by atoms with Gasteiger partial charge in [-0.3, -0.25) is 0 Å². The third-order valence-electron chi connectivity index (χ3n) is 1.20. The summed E-state index contributed by atoms with van der Waals surface area (Å²) in [6.45, 7) is 2.08. The first-order valence-corrected chi connectivity index (χ1v) is 4.93. The van der Waals surface area contributed by atoms with Gasteiger partial charge in [-0.25, -0.2) is 0 Å². The molecule has 0 aliphatic carbocycles. The van der Waals surface area contributed by atoms with Crippen molar-refractivity contribution in [1.29, 1.82) is 0 Å². The maximum atomic E-state index is 12.1. The number of halogens is 4. The molecular weight excluding hydrogens is 239 g/mol. The summed E-state index contributed by atoms with van der Waals surface area (Å²) >= 11 is 6.06. The fraction of sp³-hybridized carbons (Fsp3) is 0.667. The van der Waals surface area contributed by atoms with Crippen molar-refractivity contribution in [1.82, 2.24) is 10.2 Å². The quantitative estimate of drug-likeness (QED) is 0.832. The molecule has 0 radical (unpaired) electrons. The fourth-order valence-corrected chi connectivity index (χ4v) is 1.33. The van der Waals surface area contributed by atoms with Crippen molar-refractivity contribution < 1.29 is 13.2 Å². The van der Waals surface area contributed by atoms with Crippen LogP contribution in [0, 0.1) is 0 Å². The van der Waals surface area contributed by atoms with Gasteiger partial charge in [0.1, 0.15) is 0 Å². The summed E-state index contributed by atoms with van der Waals surface area (Å²) < 4.78 is 36.2. The Morgan fingerprint density at radius 2 is 2.14 bits per heavy atom. The molecule has 8 heteroatoms. The van der Waals surface area contributed by atoms with Crippen LogP contribution >= 0.6 is 22.9 Å². The summed E-state index contributed by atoms with van der Waals surface area (Å²) in [4.78, 5) is 0. The van der Waals surface area contributed by atoms with E-state index in [2.05, 4.69) is 15.5 Å². The second-order valence-corrected chi connectivity index (χ2v) is 4.29. The molecule has 3 nitrogen and oxygen atoms in total. The Hall–Kier alpha value is -0.560. The molecule has 0 aliphatic heterocycles. The summed E-state index contributed by atoms with van der Waals surface area (Å²) in [5.41, 5.74) is 0. The van der Waals surface area contributed by atoms with Gasteiger partial charge in [0, 0.05) is 11.9 Å². The number of hydrogen-bond donors (Lipinski definition) is 1. The van der Waals surface area contributed by atoms with Crippen LogP contribution in [0.15, 0.2) is 0 Å². The largest absolute Gasteiger partial charge is 0.445 e. The van der Waals surface area contributed by atoms with Gasteiger partial charge in [-0.2, -0.15) is 13.2 Å². The number of alkyl halides is 4. The van der Waals surface area contributed by atoms with E-state index >= 15 is 0 Å². The molecule has 80 valence electrons. The smallest absolute Gasteiger partial charge is 0.359 e. The van der Waals surface area contributed by atoms with Gasteiger partial charge in [0.15, 0.2) is 0 Å². The van der Waals surface area contributed by atoms with Crippen LogP contribution < -0.4 is 5.32 Å². The maximum absolute atomic E-state index is 12.1. The first kappa shape index (κ1) is 11.5. The van der Waals surface area contributed by atoms with E-state index in [0.29, 0.717) is 17.9 Å². The van der Waals surface area contributed by atoms with Crippen LogP contribution in [0.2, 0.25) is 0 Å². The molecule has 0 saturated heterocycles. The van der Waals surface area contributed by atoms with E-state index < -0.39 is 11.2 Å². The molecule has 0 aliphatic rings. The predicted octanol–water partition coefficient (Wildman–Crippen LogP) is 2.60. The Bertz CT molecular complexity index is 299. The molecular formula is C6H7ClF3N3S. The lowest BCUT2D eigenvalue weighted by Gasteiger charge is -2.02. The van der Waals surface area contributed by atoms with Gasteiger partial charge >= 0.3 is 6.18 Å². The third kappa shape index (κ3) is 3.30. The van der Waals surface area contributed by atoms with Crippen molar-refractivity contribution in [3.05, 3.63) is 5.01 Å². The Kier molecular flexibility index (Phi) is 3.54. The fourth-order valence-electron chi connectivity index (χ4n) is 0.637. The molecule has 1 aromatic heterocycles. The number of nitrogens with one attached hydrogen (secondary N) is 1. The first-order valence-electron chi connectivity index (χ1n) is 3.68. The van der Waals surface area contributed by atoms with Gasteiger partial charge < -0.3 is 5.32 Å². The molecule has 1 heterocycles. The van der Waals surface area contributed by atoms with Crippen LogP contribution in [-0.2, 0) is 6.18 Å². The van der Waals surface area contributed by atoms with Gasteiger partial charge in [0.25, 0.3) is 0 Å². The first-order chi connectivity index (χ1) is 6.39. The van der Waals surface area contributed by atoms with E-state index in [-0.39, 0.29) is 10.5 Å². The van der Waals surface area contributed by atoms with Crippen LogP contribution in [-0.4, -0.2) is 22.1 Å². The van der Waals surface area contributed by atoms with Gasteiger partial charge in [-0.1, -0.05) is 11.3 Å². The highest BCUT2D eigenvalue weighted by atomic mass is 35.5. The van der Waals surface area contributed by atoms with Crippen LogP contribution in [0.4, 0.5) is 18.3 Å². The van der Waals surface area contributed by atoms with E-state index in [4.69, 9.17) is 11.6 Å². The molecule has 14 heavy (non-hydrogen) atoms. The highest BCUT2D eigenvalue weighted by molar-refractivity contribution is 7.15. The number of nitrogens with zero attached hydrogens (tertiary/aromatic N) is 2. The highest BCUT2D eigenvalue weighted by Crippen LogP contribution is 2.32.